The van der Waals surface area contributed by atoms with Crippen LogP contribution in [-0.2, 0) is 0 Å². The number of benzene rings is 1. The molecule has 5 heteroatoms. The molecule has 2 rings (SSSR count). The Morgan fingerprint density at radius 2 is 1.74 bits per heavy atom. The molecule has 0 N–H and O–H groups in total. The van der Waals surface area contributed by atoms with Gasteiger partial charge in [-0.15, -0.1) is 22.9 Å². The van der Waals surface area contributed by atoms with E-state index in [4.69, 9.17) is 25.8 Å². The Morgan fingerprint density at radius 1 is 1.00 bits per heavy atom. The van der Waals surface area contributed by atoms with Crippen molar-refractivity contribution in [2.75, 3.05) is 21.3 Å². The highest BCUT2D eigenvalue weighted by molar-refractivity contribution is 7.10. The average Bonchev–Trinajstić information content (AvgIpc) is 2.94. The van der Waals surface area contributed by atoms with Crippen molar-refractivity contribution in [1.82, 2.24) is 0 Å². The first kappa shape index (κ1) is 14.0. The first-order valence-corrected chi connectivity index (χ1v) is 6.99. The molecule has 0 spiro atoms. The van der Waals surface area contributed by atoms with Crippen molar-refractivity contribution in [2.24, 2.45) is 0 Å². The second-order valence-electron chi connectivity index (χ2n) is 3.87. The van der Waals surface area contributed by atoms with Crippen LogP contribution in [0.25, 0.3) is 0 Å². The van der Waals surface area contributed by atoms with Crippen molar-refractivity contribution in [3.05, 3.63) is 40.1 Å². The Hall–Kier alpha value is -1.39. The molecule has 1 atom stereocenters. The Balaban J connectivity index is 2.30. The molecule has 1 unspecified atom stereocenters. The van der Waals surface area contributed by atoms with E-state index in [2.05, 4.69) is 0 Å². The zero-order chi connectivity index (χ0) is 13.8. The van der Waals surface area contributed by atoms with Gasteiger partial charge in [-0.05, 0) is 23.8 Å². The van der Waals surface area contributed by atoms with Gasteiger partial charge in [0.25, 0.3) is 0 Å². The fourth-order valence-electron chi connectivity index (χ4n) is 1.75. The predicted molar refractivity (Wildman–Crippen MR) is 78.1 cm³/mol. The molecule has 0 bridgehead atoms. The summed E-state index contributed by atoms with van der Waals surface area (Å²) >= 11 is 8.06. The van der Waals surface area contributed by atoms with Gasteiger partial charge in [-0.1, -0.05) is 6.07 Å². The topological polar surface area (TPSA) is 27.7 Å². The van der Waals surface area contributed by atoms with Crippen LogP contribution in [0.15, 0.2) is 29.6 Å². The highest BCUT2D eigenvalue weighted by atomic mass is 35.5. The average molecular weight is 299 g/mol. The molecule has 2 aromatic rings. The third kappa shape index (κ3) is 2.96. The molecular weight excluding hydrogens is 284 g/mol. The lowest BCUT2D eigenvalue weighted by atomic mass is 10.1. The molecule has 0 aliphatic heterocycles. The largest absolute Gasteiger partial charge is 0.496 e. The first-order chi connectivity index (χ1) is 9.19. The zero-order valence-electron chi connectivity index (χ0n) is 11.0. The Labute approximate surface area is 121 Å². The number of hydrogen-bond donors (Lipinski definition) is 0. The van der Waals surface area contributed by atoms with Crippen molar-refractivity contribution < 1.29 is 14.2 Å². The van der Waals surface area contributed by atoms with Gasteiger partial charge in [-0.25, -0.2) is 0 Å². The van der Waals surface area contributed by atoms with Gasteiger partial charge < -0.3 is 14.2 Å². The number of ether oxygens (including phenoxy) is 3. The molecule has 0 saturated heterocycles. The van der Waals surface area contributed by atoms with Crippen LogP contribution in [0.3, 0.4) is 0 Å². The molecule has 0 amide bonds. The predicted octanol–water partition coefficient (Wildman–Crippen LogP) is 4.10. The van der Waals surface area contributed by atoms with Crippen LogP contribution in [0.1, 0.15) is 15.8 Å². The highest BCUT2D eigenvalue weighted by Crippen LogP contribution is 2.38. The zero-order valence-corrected chi connectivity index (χ0v) is 12.5. The molecule has 0 saturated carbocycles. The lowest BCUT2D eigenvalue weighted by Crippen LogP contribution is -1.95. The minimum Gasteiger partial charge on any atom is -0.496 e. The third-order valence-electron chi connectivity index (χ3n) is 2.78. The summed E-state index contributed by atoms with van der Waals surface area (Å²) in [5, 5.41) is 1.71. The van der Waals surface area contributed by atoms with Crippen LogP contribution in [0.4, 0.5) is 0 Å². The first-order valence-electron chi connectivity index (χ1n) is 5.68. The van der Waals surface area contributed by atoms with Gasteiger partial charge >= 0.3 is 0 Å². The number of thiophene rings is 1. The molecule has 0 radical (unpaired) electrons. The van der Waals surface area contributed by atoms with E-state index in [0.29, 0.717) is 11.5 Å². The Bertz CT molecular complexity index is 553. The maximum atomic E-state index is 6.48. The fourth-order valence-corrected chi connectivity index (χ4v) is 2.96. The third-order valence-corrected chi connectivity index (χ3v) is 4.37. The summed E-state index contributed by atoms with van der Waals surface area (Å²) in [6.07, 6.45) is 0. The molecule has 19 heavy (non-hydrogen) atoms. The SMILES string of the molecule is COc1csc(C(Cl)c2ccc(OC)c(OC)c2)c1. The van der Waals surface area contributed by atoms with Crippen LogP contribution in [-0.4, -0.2) is 21.3 Å². The number of rotatable bonds is 5. The van der Waals surface area contributed by atoms with E-state index < -0.39 is 0 Å². The van der Waals surface area contributed by atoms with Crippen molar-refractivity contribution in [3.8, 4) is 17.2 Å². The molecule has 1 aromatic carbocycles. The van der Waals surface area contributed by atoms with Crippen molar-refractivity contribution in [1.29, 1.82) is 0 Å². The molecule has 0 aliphatic rings. The van der Waals surface area contributed by atoms with Crippen LogP contribution < -0.4 is 14.2 Å². The summed E-state index contributed by atoms with van der Waals surface area (Å²) in [7, 11) is 4.87. The second-order valence-corrected chi connectivity index (χ2v) is 5.25. The Kier molecular flexibility index (Phi) is 4.56. The smallest absolute Gasteiger partial charge is 0.161 e. The summed E-state index contributed by atoms with van der Waals surface area (Å²) in [5.41, 5.74) is 0.962. The maximum absolute atomic E-state index is 6.48. The van der Waals surface area contributed by atoms with Crippen LogP contribution in [0.2, 0.25) is 0 Å². The lowest BCUT2D eigenvalue weighted by Gasteiger charge is -2.12. The summed E-state index contributed by atoms with van der Waals surface area (Å²) in [6, 6.07) is 7.63. The van der Waals surface area contributed by atoms with E-state index in [0.717, 1.165) is 16.2 Å². The quantitative estimate of drug-likeness (QED) is 0.778. The van der Waals surface area contributed by atoms with Gasteiger partial charge in [0, 0.05) is 10.3 Å². The number of methoxy groups -OCH3 is 3. The summed E-state index contributed by atoms with van der Waals surface area (Å²) in [6.45, 7) is 0. The summed E-state index contributed by atoms with van der Waals surface area (Å²) in [4.78, 5) is 1.03. The number of halogens is 1. The number of hydrogen-bond acceptors (Lipinski definition) is 4. The second kappa shape index (κ2) is 6.17. The van der Waals surface area contributed by atoms with Gasteiger partial charge in [0.15, 0.2) is 11.5 Å². The van der Waals surface area contributed by atoms with Gasteiger partial charge in [-0.3, -0.25) is 0 Å². The van der Waals surface area contributed by atoms with E-state index in [-0.39, 0.29) is 5.38 Å². The normalized spacial score (nSPS) is 12.0. The fraction of sp³-hybridized carbons (Fsp3) is 0.286. The molecule has 102 valence electrons. The van der Waals surface area contributed by atoms with Crippen molar-refractivity contribution in [3.63, 3.8) is 0 Å². The molecule has 1 aromatic heterocycles. The molecule has 3 nitrogen and oxygen atoms in total. The maximum Gasteiger partial charge on any atom is 0.161 e. The van der Waals surface area contributed by atoms with Gasteiger partial charge in [0.05, 0.1) is 26.7 Å². The van der Waals surface area contributed by atoms with E-state index in [1.165, 1.54) is 0 Å². The van der Waals surface area contributed by atoms with Crippen molar-refractivity contribution in [2.45, 2.75) is 5.38 Å². The van der Waals surface area contributed by atoms with Gasteiger partial charge in [0.2, 0.25) is 0 Å². The van der Waals surface area contributed by atoms with Crippen molar-refractivity contribution >= 4 is 22.9 Å². The van der Waals surface area contributed by atoms with E-state index in [1.54, 1.807) is 32.7 Å². The Morgan fingerprint density at radius 3 is 2.32 bits per heavy atom. The summed E-state index contributed by atoms with van der Waals surface area (Å²) in [5.74, 6) is 2.19. The van der Waals surface area contributed by atoms with Gasteiger partial charge in [-0.2, -0.15) is 0 Å². The highest BCUT2D eigenvalue weighted by Gasteiger charge is 2.16. The molecule has 0 aliphatic carbocycles. The minimum absolute atomic E-state index is 0.228. The molecular formula is C14H15ClO3S. The van der Waals surface area contributed by atoms with Gasteiger partial charge in [0.1, 0.15) is 5.75 Å². The molecule has 0 fully saturated rings. The lowest BCUT2D eigenvalue weighted by molar-refractivity contribution is 0.354. The summed E-state index contributed by atoms with van der Waals surface area (Å²) < 4.78 is 15.7. The standard InChI is InChI=1S/C14H15ClO3S/c1-16-10-7-13(19-8-10)14(15)9-4-5-11(17-2)12(6-9)18-3/h4-8,14H,1-3H3. The van der Waals surface area contributed by atoms with Crippen LogP contribution in [0, 0.1) is 0 Å². The minimum atomic E-state index is -0.228. The number of alkyl halides is 1. The van der Waals surface area contributed by atoms with E-state index in [9.17, 15) is 0 Å². The van der Waals surface area contributed by atoms with E-state index in [1.807, 2.05) is 29.6 Å². The monoisotopic (exact) mass is 298 g/mol. The van der Waals surface area contributed by atoms with Crippen LogP contribution >= 0.6 is 22.9 Å². The van der Waals surface area contributed by atoms with Crippen LogP contribution in [0.5, 0.6) is 17.2 Å². The van der Waals surface area contributed by atoms with E-state index >= 15 is 0 Å². The molecule has 1 heterocycles.